The Morgan fingerprint density at radius 1 is 1.00 bits per heavy atom. The summed E-state index contributed by atoms with van der Waals surface area (Å²) in [6, 6.07) is 17.7. The second kappa shape index (κ2) is 8.81. The van der Waals surface area contributed by atoms with Crippen LogP contribution in [0.15, 0.2) is 66.9 Å². The van der Waals surface area contributed by atoms with Crippen molar-refractivity contribution in [2.24, 2.45) is 0 Å². The smallest absolute Gasteiger partial charge is 0.256 e. The van der Waals surface area contributed by atoms with E-state index in [1.807, 2.05) is 37.3 Å². The molecule has 0 saturated carbocycles. The Morgan fingerprint density at radius 3 is 2.50 bits per heavy atom. The third-order valence-electron chi connectivity index (χ3n) is 4.09. The largest absolute Gasteiger partial charge is 0.497 e. The van der Waals surface area contributed by atoms with Crippen molar-refractivity contribution in [3.05, 3.63) is 83.6 Å². The van der Waals surface area contributed by atoms with Gasteiger partial charge in [-0.3, -0.25) is 9.59 Å². The maximum Gasteiger partial charge on any atom is 0.256 e. The lowest BCUT2D eigenvalue weighted by Gasteiger charge is -2.09. The highest BCUT2D eigenvalue weighted by atomic mass is 16.5. The quantitative estimate of drug-likeness (QED) is 0.686. The Hall–Kier alpha value is -3.67. The van der Waals surface area contributed by atoms with Gasteiger partial charge in [-0.15, -0.1) is 0 Å². The average Bonchev–Trinajstić information content (AvgIpc) is 2.68. The van der Waals surface area contributed by atoms with Crippen LogP contribution in [0, 0.1) is 6.92 Å². The highest BCUT2D eigenvalue weighted by Gasteiger charge is 2.10. The fourth-order valence-electron chi connectivity index (χ4n) is 2.67. The molecule has 0 saturated heterocycles. The first-order valence-corrected chi connectivity index (χ1v) is 8.80. The Morgan fingerprint density at radius 2 is 1.79 bits per heavy atom. The molecule has 3 rings (SSSR count). The number of nitrogens with one attached hydrogen (secondary N) is 2. The topological polar surface area (TPSA) is 80.3 Å². The summed E-state index contributed by atoms with van der Waals surface area (Å²) in [4.78, 5) is 28.9. The average molecular weight is 375 g/mol. The number of nitrogens with zero attached hydrogens (tertiary/aromatic N) is 1. The first kappa shape index (κ1) is 19.1. The van der Waals surface area contributed by atoms with E-state index in [0.29, 0.717) is 17.1 Å². The molecular formula is C22H21N3O3. The monoisotopic (exact) mass is 375 g/mol. The summed E-state index contributed by atoms with van der Waals surface area (Å²) >= 11 is 0. The predicted octanol–water partition coefficient (Wildman–Crippen LogP) is 3.83. The molecule has 0 aliphatic rings. The van der Waals surface area contributed by atoms with Crippen LogP contribution in [-0.2, 0) is 11.2 Å². The van der Waals surface area contributed by atoms with Crippen molar-refractivity contribution in [2.75, 3.05) is 17.7 Å². The van der Waals surface area contributed by atoms with Crippen LogP contribution in [-0.4, -0.2) is 23.9 Å². The Balaban J connectivity index is 1.63. The van der Waals surface area contributed by atoms with Gasteiger partial charge in [-0.05, 0) is 60.5 Å². The second-order valence-electron chi connectivity index (χ2n) is 6.33. The zero-order valence-corrected chi connectivity index (χ0v) is 15.7. The van der Waals surface area contributed by atoms with Crippen LogP contribution in [0.3, 0.4) is 0 Å². The third kappa shape index (κ3) is 5.17. The Bertz CT molecular complexity index is 984. The van der Waals surface area contributed by atoms with Crippen molar-refractivity contribution in [1.82, 2.24) is 4.98 Å². The standard InChI is InChI=1S/C22H21N3O3/c1-15-10-11-23-20(12-15)25-22(27)17-4-3-5-18(14-17)24-21(26)13-16-6-8-19(28-2)9-7-16/h3-12,14H,13H2,1-2H3,(H,24,26)(H,23,25,27). The molecule has 0 unspecified atom stereocenters. The number of hydrogen-bond acceptors (Lipinski definition) is 4. The van der Waals surface area contributed by atoms with Gasteiger partial charge in [0.15, 0.2) is 0 Å². The second-order valence-corrected chi connectivity index (χ2v) is 6.33. The molecule has 0 bridgehead atoms. The van der Waals surface area contributed by atoms with Gasteiger partial charge in [0.25, 0.3) is 5.91 Å². The lowest BCUT2D eigenvalue weighted by atomic mass is 10.1. The number of anilines is 2. The highest BCUT2D eigenvalue weighted by Crippen LogP contribution is 2.15. The number of aryl methyl sites for hydroxylation is 1. The van der Waals surface area contributed by atoms with Crippen LogP contribution in [0.2, 0.25) is 0 Å². The van der Waals surface area contributed by atoms with Gasteiger partial charge >= 0.3 is 0 Å². The van der Waals surface area contributed by atoms with Crippen molar-refractivity contribution >= 4 is 23.3 Å². The van der Waals surface area contributed by atoms with Crippen LogP contribution in [0.4, 0.5) is 11.5 Å². The predicted molar refractivity (Wildman–Crippen MR) is 109 cm³/mol. The van der Waals surface area contributed by atoms with E-state index in [2.05, 4.69) is 15.6 Å². The van der Waals surface area contributed by atoms with E-state index in [-0.39, 0.29) is 18.2 Å². The van der Waals surface area contributed by atoms with Gasteiger partial charge < -0.3 is 15.4 Å². The summed E-state index contributed by atoms with van der Waals surface area (Å²) in [5.41, 5.74) is 2.87. The number of carbonyl (C=O) groups excluding carboxylic acids is 2. The van der Waals surface area contributed by atoms with Gasteiger partial charge in [-0.25, -0.2) is 4.98 Å². The Labute approximate surface area is 163 Å². The zero-order valence-electron chi connectivity index (χ0n) is 15.7. The summed E-state index contributed by atoms with van der Waals surface area (Å²) < 4.78 is 5.11. The van der Waals surface area contributed by atoms with E-state index in [4.69, 9.17) is 4.74 Å². The van der Waals surface area contributed by atoms with Gasteiger partial charge in [0.05, 0.1) is 13.5 Å². The molecule has 142 valence electrons. The number of aromatic nitrogens is 1. The molecule has 3 aromatic rings. The van der Waals surface area contributed by atoms with E-state index in [9.17, 15) is 9.59 Å². The minimum Gasteiger partial charge on any atom is -0.497 e. The molecule has 2 aromatic carbocycles. The molecule has 2 N–H and O–H groups in total. The first-order valence-electron chi connectivity index (χ1n) is 8.80. The van der Waals surface area contributed by atoms with Crippen molar-refractivity contribution in [3.63, 3.8) is 0 Å². The van der Waals surface area contributed by atoms with Gasteiger partial charge in [-0.1, -0.05) is 18.2 Å². The maximum absolute atomic E-state index is 12.4. The Kier molecular flexibility index (Phi) is 6.01. The molecule has 6 nitrogen and oxygen atoms in total. The van der Waals surface area contributed by atoms with Crippen LogP contribution >= 0.6 is 0 Å². The third-order valence-corrected chi connectivity index (χ3v) is 4.09. The summed E-state index contributed by atoms with van der Waals surface area (Å²) in [6.07, 6.45) is 1.87. The van der Waals surface area contributed by atoms with Crippen molar-refractivity contribution in [2.45, 2.75) is 13.3 Å². The fourth-order valence-corrected chi connectivity index (χ4v) is 2.67. The minimum atomic E-state index is -0.288. The van der Waals surface area contributed by atoms with E-state index in [1.54, 1.807) is 43.6 Å². The zero-order chi connectivity index (χ0) is 19.9. The summed E-state index contributed by atoms with van der Waals surface area (Å²) in [5.74, 6) is 0.775. The summed E-state index contributed by atoms with van der Waals surface area (Å²) in [6.45, 7) is 1.93. The van der Waals surface area contributed by atoms with E-state index in [0.717, 1.165) is 16.9 Å². The number of hydrogen-bond donors (Lipinski definition) is 2. The molecule has 0 spiro atoms. The normalized spacial score (nSPS) is 10.2. The van der Waals surface area contributed by atoms with Gasteiger partial charge in [0, 0.05) is 17.4 Å². The summed E-state index contributed by atoms with van der Waals surface area (Å²) in [5, 5.41) is 5.58. The molecule has 0 fully saturated rings. The highest BCUT2D eigenvalue weighted by molar-refractivity contribution is 6.05. The lowest BCUT2D eigenvalue weighted by Crippen LogP contribution is -2.16. The number of benzene rings is 2. The van der Waals surface area contributed by atoms with Crippen LogP contribution < -0.4 is 15.4 Å². The van der Waals surface area contributed by atoms with Gasteiger partial charge in [0.2, 0.25) is 5.91 Å². The molecule has 0 atom stereocenters. The maximum atomic E-state index is 12.4. The van der Waals surface area contributed by atoms with Crippen LogP contribution in [0.5, 0.6) is 5.75 Å². The number of amides is 2. The number of carbonyl (C=O) groups is 2. The first-order chi connectivity index (χ1) is 13.5. The molecule has 6 heteroatoms. The number of rotatable bonds is 6. The van der Waals surface area contributed by atoms with E-state index < -0.39 is 0 Å². The van der Waals surface area contributed by atoms with Crippen molar-refractivity contribution in [3.8, 4) is 5.75 Å². The molecule has 0 radical (unpaired) electrons. The van der Waals surface area contributed by atoms with E-state index in [1.165, 1.54) is 0 Å². The van der Waals surface area contributed by atoms with Crippen LogP contribution in [0.25, 0.3) is 0 Å². The molecule has 1 aromatic heterocycles. The van der Waals surface area contributed by atoms with Gasteiger partial charge in [0.1, 0.15) is 11.6 Å². The molecule has 2 amide bonds. The summed E-state index contributed by atoms with van der Waals surface area (Å²) in [7, 11) is 1.60. The number of ether oxygens (including phenoxy) is 1. The molecule has 0 aliphatic heterocycles. The molecular weight excluding hydrogens is 354 g/mol. The SMILES string of the molecule is COc1ccc(CC(=O)Nc2cccc(C(=O)Nc3cc(C)ccn3)c2)cc1. The fraction of sp³-hybridized carbons (Fsp3) is 0.136. The minimum absolute atomic E-state index is 0.164. The molecule has 1 heterocycles. The number of pyridine rings is 1. The number of methoxy groups -OCH3 is 1. The van der Waals surface area contributed by atoms with Gasteiger partial charge in [-0.2, -0.15) is 0 Å². The molecule has 0 aliphatic carbocycles. The van der Waals surface area contributed by atoms with Crippen molar-refractivity contribution in [1.29, 1.82) is 0 Å². The van der Waals surface area contributed by atoms with Crippen molar-refractivity contribution < 1.29 is 14.3 Å². The van der Waals surface area contributed by atoms with E-state index >= 15 is 0 Å². The lowest BCUT2D eigenvalue weighted by molar-refractivity contribution is -0.115. The molecule has 28 heavy (non-hydrogen) atoms. The van der Waals surface area contributed by atoms with Crippen LogP contribution in [0.1, 0.15) is 21.5 Å².